The third-order valence-corrected chi connectivity index (χ3v) is 4.33. The first-order valence-corrected chi connectivity index (χ1v) is 7.57. The molecule has 0 saturated heterocycles. The van der Waals surface area contributed by atoms with Crippen molar-refractivity contribution in [3.05, 3.63) is 45.4 Å². The summed E-state index contributed by atoms with van der Waals surface area (Å²) in [5.74, 6) is -0.267. The van der Waals surface area contributed by atoms with Crippen molar-refractivity contribution in [2.45, 2.75) is 39.7 Å². The highest BCUT2D eigenvalue weighted by atomic mass is 32.1. The van der Waals surface area contributed by atoms with Crippen LogP contribution >= 0.6 is 11.3 Å². The number of thiazole rings is 1. The Morgan fingerprint density at radius 2 is 2.10 bits per heavy atom. The molecule has 112 valence electrons. The summed E-state index contributed by atoms with van der Waals surface area (Å²) < 4.78 is 5.68. The molecule has 5 heteroatoms. The maximum absolute atomic E-state index is 11.0. The van der Waals surface area contributed by atoms with Gasteiger partial charge < -0.3 is 9.84 Å². The maximum Gasteiger partial charge on any atom is 0.335 e. The van der Waals surface area contributed by atoms with Crippen LogP contribution in [0.2, 0.25) is 0 Å². The molecule has 1 N–H and O–H groups in total. The highest BCUT2D eigenvalue weighted by molar-refractivity contribution is 7.09. The minimum absolute atomic E-state index is 0.0443. The largest absolute Gasteiger partial charge is 0.487 e. The summed E-state index contributed by atoms with van der Waals surface area (Å²) in [5, 5.41) is 12.1. The number of hydrogen-bond donors (Lipinski definition) is 1. The van der Waals surface area contributed by atoms with Crippen LogP contribution in [0.3, 0.4) is 0 Å². The standard InChI is InChI=1S/C16H19NO3S/c1-10-7-12(5-6-13(10)14(18)19)20-8-11-9-21-15(17-11)16(2,3)4/h5-7,9H,8H2,1-4H3,(H,18,19). The molecule has 2 aromatic rings. The van der Waals surface area contributed by atoms with Gasteiger partial charge in [-0.3, -0.25) is 0 Å². The van der Waals surface area contributed by atoms with E-state index in [-0.39, 0.29) is 5.41 Å². The van der Waals surface area contributed by atoms with Crippen LogP contribution in [0, 0.1) is 6.92 Å². The van der Waals surface area contributed by atoms with Crippen molar-refractivity contribution in [1.82, 2.24) is 4.98 Å². The lowest BCUT2D eigenvalue weighted by molar-refractivity contribution is 0.0696. The summed E-state index contributed by atoms with van der Waals surface area (Å²) >= 11 is 1.63. The first kappa shape index (κ1) is 15.5. The Morgan fingerprint density at radius 1 is 1.38 bits per heavy atom. The fourth-order valence-electron chi connectivity index (χ4n) is 1.84. The summed E-state index contributed by atoms with van der Waals surface area (Å²) in [7, 11) is 0. The van der Waals surface area contributed by atoms with Gasteiger partial charge in [-0.2, -0.15) is 0 Å². The predicted octanol–water partition coefficient (Wildman–Crippen LogP) is 4.03. The average Bonchev–Trinajstić information content (AvgIpc) is 2.84. The quantitative estimate of drug-likeness (QED) is 0.926. The predicted molar refractivity (Wildman–Crippen MR) is 83.3 cm³/mol. The van der Waals surface area contributed by atoms with E-state index in [0.717, 1.165) is 10.7 Å². The minimum atomic E-state index is -0.923. The van der Waals surface area contributed by atoms with Gasteiger partial charge in [0.15, 0.2) is 0 Å². The Morgan fingerprint density at radius 3 is 2.62 bits per heavy atom. The fraction of sp³-hybridized carbons (Fsp3) is 0.375. The van der Waals surface area contributed by atoms with E-state index in [2.05, 4.69) is 25.8 Å². The van der Waals surface area contributed by atoms with E-state index in [1.54, 1.807) is 36.5 Å². The number of nitrogens with zero attached hydrogens (tertiary/aromatic N) is 1. The van der Waals surface area contributed by atoms with Crippen molar-refractivity contribution in [3.8, 4) is 5.75 Å². The van der Waals surface area contributed by atoms with Crippen molar-refractivity contribution < 1.29 is 14.6 Å². The van der Waals surface area contributed by atoms with Crippen molar-refractivity contribution in [2.24, 2.45) is 0 Å². The molecule has 0 atom stereocenters. The molecule has 2 rings (SSSR count). The fourth-order valence-corrected chi connectivity index (χ4v) is 2.73. The third-order valence-electron chi connectivity index (χ3n) is 3.01. The van der Waals surface area contributed by atoms with Gasteiger partial charge in [-0.15, -0.1) is 11.3 Å². The summed E-state index contributed by atoms with van der Waals surface area (Å²) in [5.41, 5.74) is 1.92. The van der Waals surface area contributed by atoms with Crippen LogP contribution in [-0.4, -0.2) is 16.1 Å². The molecule has 0 unspecified atom stereocenters. The van der Waals surface area contributed by atoms with E-state index in [1.165, 1.54) is 0 Å². The lowest BCUT2D eigenvalue weighted by Gasteiger charge is -2.13. The molecular weight excluding hydrogens is 286 g/mol. The topological polar surface area (TPSA) is 59.4 Å². The molecule has 1 heterocycles. The first-order valence-electron chi connectivity index (χ1n) is 6.69. The number of aromatic nitrogens is 1. The second-order valence-electron chi connectivity index (χ2n) is 5.96. The normalized spacial score (nSPS) is 11.4. The van der Waals surface area contributed by atoms with Crippen LogP contribution in [0.1, 0.15) is 47.4 Å². The van der Waals surface area contributed by atoms with E-state index in [9.17, 15) is 4.79 Å². The van der Waals surface area contributed by atoms with E-state index in [1.807, 2.05) is 5.38 Å². The van der Waals surface area contributed by atoms with Gasteiger partial charge in [0.1, 0.15) is 12.4 Å². The minimum Gasteiger partial charge on any atom is -0.487 e. The van der Waals surface area contributed by atoms with Crippen molar-refractivity contribution in [3.63, 3.8) is 0 Å². The summed E-state index contributed by atoms with van der Waals surface area (Å²) in [6.45, 7) is 8.54. The molecule has 0 spiro atoms. The Labute approximate surface area is 128 Å². The molecule has 0 aliphatic rings. The van der Waals surface area contributed by atoms with Gasteiger partial charge in [0.05, 0.1) is 16.3 Å². The molecule has 21 heavy (non-hydrogen) atoms. The van der Waals surface area contributed by atoms with Crippen LogP contribution in [0.25, 0.3) is 0 Å². The van der Waals surface area contributed by atoms with Gasteiger partial charge in [-0.25, -0.2) is 9.78 Å². The van der Waals surface area contributed by atoms with Gasteiger partial charge in [-0.05, 0) is 30.7 Å². The lowest BCUT2D eigenvalue weighted by Crippen LogP contribution is -2.10. The van der Waals surface area contributed by atoms with Gasteiger partial charge in [0.2, 0.25) is 0 Å². The van der Waals surface area contributed by atoms with Crippen molar-refractivity contribution in [1.29, 1.82) is 0 Å². The molecule has 1 aromatic heterocycles. The molecule has 0 saturated carbocycles. The Kier molecular flexibility index (Phi) is 4.32. The summed E-state index contributed by atoms with van der Waals surface area (Å²) in [6.07, 6.45) is 0. The number of ether oxygens (including phenoxy) is 1. The Bertz CT molecular complexity index is 656. The zero-order valence-electron chi connectivity index (χ0n) is 12.6. The molecule has 0 fully saturated rings. The second kappa shape index (κ2) is 5.85. The molecular formula is C16H19NO3S. The molecule has 0 aliphatic heterocycles. The van der Waals surface area contributed by atoms with E-state index in [4.69, 9.17) is 9.84 Å². The molecule has 4 nitrogen and oxygen atoms in total. The molecule has 0 aliphatic carbocycles. The number of aromatic carboxylic acids is 1. The average molecular weight is 305 g/mol. The Hall–Kier alpha value is -1.88. The van der Waals surface area contributed by atoms with E-state index in [0.29, 0.717) is 23.5 Å². The SMILES string of the molecule is Cc1cc(OCc2csc(C(C)(C)C)n2)ccc1C(=O)O. The lowest BCUT2D eigenvalue weighted by atomic mass is 9.98. The highest BCUT2D eigenvalue weighted by Gasteiger charge is 2.18. The number of benzene rings is 1. The van der Waals surface area contributed by atoms with Crippen molar-refractivity contribution in [2.75, 3.05) is 0 Å². The van der Waals surface area contributed by atoms with Crippen LogP contribution in [0.5, 0.6) is 5.75 Å². The highest BCUT2D eigenvalue weighted by Crippen LogP contribution is 2.26. The van der Waals surface area contributed by atoms with Crippen molar-refractivity contribution >= 4 is 17.3 Å². The third kappa shape index (κ3) is 3.82. The number of rotatable bonds is 4. The van der Waals surface area contributed by atoms with Gasteiger partial charge in [-0.1, -0.05) is 20.8 Å². The number of hydrogen-bond acceptors (Lipinski definition) is 4. The number of carbonyl (C=O) groups is 1. The monoisotopic (exact) mass is 305 g/mol. The molecule has 1 aromatic carbocycles. The number of carboxylic acid groups (broad SMARTS) is 1. The van der Waals surface area contributed by atoms with E-state index < -0.39 is 5.97 Å². The number of aryl methyl sites for hydroxylation is 1. The van der Waals surface area contributed by atoms with Crippen LogP contribution in [-0.2, 0) is 12.0 Å². The smallest absolute Gasteiger partial charge is 0.335 e. The van der Waals surface area contributed by atoms with Gasteiger partial charge in [0, 0.05) is 10.8 Å². The van der Waals surface area contributed by atoms with Crippen LogP contribution < -0.4 is 4.74 Å². The zero-order chi connectivity index (χ0) is 15.6. The first-order chi connectivity index (χ1) is 9.77. The summed E-state index contributed by atoms with van der Waals surface area (Å²) in [4.78, 5) is 15.5. The van der Waals surface area contributed by atoms with Gasteiger partial charge in [0.25, 0.3) is 0 Å². The van der Waals surface area contributed by atoms with Crippen LogP contribution in [0.15, 0.2) is 23.6 Å². The molecule has 0 amide bonds. The Balaban J connectivity index is 2.05. The number of carboxylic acids is 1. The second-order valence-corrected chi connectivity index (χ2v) is 6.82. The van der Waals surface area contributed by atoms with Gasteiger partial charge >= 0.3 is 5.97 Å². The molecule has 0 radical (unpaired) electrons. The van der Waals surface area contributed by atoms with E-state index >= 15 is 0 Å². The van der Waals surface area contributed by atoms with Crippen LogP contribution in [0.4, 0.5) is 0 Å². The maximum atomic E-state index is 11.0. The summed E-state index contributed by atoms with van der Waals surface area (Å²) in [6, 6.07) is 4.97. The zero-order valence-corrected chi connectivity index (χ0v) is 13.5. The molecule has 0 bridgehead atoms.